The third-order valence-electron chi connectivity index (χ3n) is 8.22. The Kier molecular flexibility index (Phi) is 6.59. The van der Waals surface area contributed by atoms with Gasteiger partial charge in [-0.05, 0) is 48.2 Å². The Morgan fingerprint density at radius 1 is 0.952 bits per heavy atom. The van der Waals surface area contributed by atoms with Gasteiger partial charge in [0.05, 0.1) is 13.1 Å². The Morgan fingerprint density at radius 2 is 1.67 bits per heavy atom. The van der Waals surface area contributed by atoms with Gasteiger partial charge in [-0.15, -0.1) is 22.7 Å². The lowest BCUT2D eigenvalue weighted by Gasteiger charge is -2.61. The zero-order valence-electron chi connectivity index (χ0n) is 22.7. The van der Waals surface area contributed by atoms with Gasteiger partial charge >= 0.3 is 12.1 Å². The molecule has 3 aromatic heterocycles. The minimum absolute atomic E-state index is 0.0351. The van der Waals surface area contributed by atoms with E-state index in [1.165, 1.54) is 32.5 Å². The molecular weight excluding hydrogens is 576 g/mol. The van der Waals surface area contributed by atoms with Gasteiger partial charge in [0.15, 0.2) is 5.82 Å². The van der Waals surface area contributed by atoms with Crippen LogP contribution in [-0.2, 0) is 24.3 Å². The van der Waals surface area contributed by atoms with Crippen molar-refractivity contribution in [3.63, 3.8) is 0 Å². The monoisotopic (exact) mass is 604 g/mol. The van der Waals surface area contributed by atoms with Crippen molar-refractivity contribution in [2.75, 3.05) is 0 Å². The fourth-order valence-electron chi connectivity index (χ4n) is 6.40. The minimum atomic E-state index is -2.11. The van der Waals surface area contributed by atoms with E-state index in [4.69, 9.17) is 4.52 Å². The average molecular weight is 605 g/mol. The highest BCUT2D eigenvalue weighted by atomic mass is 32.1. The van der Waals surface area contributed by atoms with Gasteiger partial charge in [-0.2, -0.15) is 4.98 Å². The number of fused-ring (bicyclic) bond motifs is 3. The van der Waals surface area contributed by atoms with Crippen LogP contribution in [0.5, 0.6) is 0 Å². The lowest BCUT2D eigenvalue weighted by atomic mass is 9.93. The molecule has 4 atom stereocenters. The van der Waals surface area contributed by atoms with E-state index < -0.39 is 36.0 Å². The standard InChI is InChI=1S/C29H28N6O5S2/c1-18-30-25(40-31-18)22-11-12-24-29(39)33(17-21-10-6-14-42-21)27(37)32(16-20-9-5-13-41-20)28(38)35(29)23(26(36)34(22)24)15-19-7-3-2-4-8-19/h2-10,13-14,22-24,39H,11-12,15-17H2,1H3/t22-,23+,24+,29?/m0/s1. The molecule has 3 aliphatic heterocycles. The quantitative estimate of drug-likeness (QED) is 0.332. The lowest BCUT2D eigenvalue weighted by Crippen LogP contribution is -2.84. The van der Waals surface area contributed by atoms with Crippen LogP contribution < -0.4 is 0 Å². The number of nitrogens with zero attached hydrogens (tertiary/aromatic N) is 6. The van der Waals surface area contributed by atoms with Crippen molar-refractivity contribution >= 4 is 40.6 Å². The van der Waals surface area contributed by atoms with Crippen LogP contribution in [0.15, 0.2) is 69.9 Å². The van der Waals surface area contributed by atoms with E-state index in [1.54, 1.807) is 11.8 Å². The molecule has 0 saturated carbocycles. The first-order valence-corrected chi connectivity index (χ1v) is 15.5. The molecule has 1 N–H and O–H groups in total. The van der Waals surface area contributed by atoms with Crippen LogP contribution in [0, 0.1) is 6.92 Å². The van der Waals surface area contributed by atoms with Gasteiger partial charge < -0.3 is 14.5 Å². The smallest absolute Gasteiger partial charge is 0.332 e. The van der Waals surface area contributed by atoms with E-state index in [0.29, 0.717) is 18.7 Å². The summed E-state index contributed by atoms with van der Waals surface area (Å²) < 4.78 is 5.50. The van der Waals surface area contributed by atoms with Crippen molar-refractivity contribution in [3.05, 3.63) is 92.4 Å². The van der Waals surface area contributed by atoms with Gasteiger partial charge in [0.2, 0.25) is 17.6 Å². The molecule has 3 saturated heterocycles. The van der Waals surface area contributed by atoms with Crippen molar-refractivity contribution in [2.24, 2.45) is 0 Å². The summed E-state index contributed by atoms with van der Waals surface area (Å²) in [4.78, 5) is 54.5. The lowest BCUT2D eigenvalue weighted by molar-refractivity contribution is -0.259. The third kappa shape index (κ3) is 4.22. The average Bonchev–Trinajstić information content (AvgIpc) is 3.81. The topological polar surface area (TPSA) is 123 Å². The number of imide groups is 1. The summed E-state index contributed by atoms with van der Waals surface area (Å²) in [6, 6.07) is 13.0. The minimum Gasteiger partial charge on any atom is -0.352 e. The van der Waals surface area contributed by atoms with Gasteiger partial charge in [-0.3, -0.25) is 14.6 Å². The number of aryl methyl sites for hydroxylation is 1. The number of hydrogen-bond donors (Lipinski definition) is 1. The summed E-state index contributed by atoms with van der Waals surface area (Å²) in [6.45, 7) is 1.81. The molecule has 13 heteroatoms. The van der Waals surface area contributed by atoms with Crippen LogP contribution in [-0.4, -0.2) is 70.7 Å². The molecule has 0 aliphatic carbocycles. The third-order valence-corrected chi connectivity index (χ3v) is 9.94. The first-order valence-electron chi connectivity index (χ1n) is 13.7. The maximum Gasteiger partial charge on any atom is 0.332 e. The van der Waals surface area contributed by atoms with Crippen molar-refractivity contribution in [3.8, 4) is 0 Å². The van der Waals surface area contributed by atoms with Crippen molar-refractivity contribution < 1.29 is 24.0 Å². The molecule has 1 unspecified atom stereocenters. The summed E-state index contributed by atoms with van der Waals surface area (Å²) >= 11 is 2.89. The Morgan fingerprint density at radius 3 is 2.31 bits per heavy atom. The molecule has 7 rings (SSSR count). The summed E-state index contributed by atoms with van der Waals surface area (Å²) in [5.41, 5.74) is 0.820. The van der Waals surface area contributed by atoms with E-state index in [0.717, 1.165) is 20.2 Å². The number of urea groups is 2. The maximum absolute atomic E-state index is 14.5. The van der Waals surface area contributed by atoms with Gasteiger partial charge in [-0.1, -0.05) is 47.6 Å². The molecule has 4 aromatic rings. The summed E-state index contributed by atoms with van der Waals surface area (Å²) in [7, 11) is 0. The zero-order chi connectivity index (χ0) is 29.0. The number of thiophene rings is 2. The van der Waals surface area contributed by atoms with Crippen LogP contribution in [0.1, 0.15) is 45.9 Å². The van der Waals surface area contributed by atoms with Crippen LogP contribution in [0.3, 0.4) is 0 Å². The highest BCUT2D eigenvalue weighted by Crippen LogP contribution is 2.49. The molecule has 1 aromatic carbocycles. The van der Waals surface area contributed by atoms with Gasteiger partial charge in [-0.25, -0.2) is 14.5 Å². The number of carbonyl (C=O) groups excluding carboxylic acids is 3. The second-order valence-electron chi connectivity index (χ2n) is 10.7. The van der Waals surface area contributed by atoms with Crippen molar-refractivity contribution in [1.29, 1.82) is 0 Å². The molecule has 3 fully saturated rings. The first-order chi connectivity index (χ1) is 20.4. The van der Waals surface area contributed by atoms with Crippen LogP contribution in [0.25, 0.3) is 0 Å². The van der Waals surface area contributed by atoms with E-state index in [9.17, 15) is 19.5 Å². The fourth-order valence-corrected chi connectivity index (χ4v) is 7.78. The van der Waals surface area contributed by atoms with E-state index in [-0.39, 0.29) is 31.3 Å². The number of aliphatic hydroxyl groups is 1. The molecule has 11 nitrogen and oxygen atoms in total. The van der Waals surface area contributed by atoms with Crippen LogP contribution >= 0.6 is 22.7 Å². The molecule has 3 aliphatic rings. The molecule has 6 heterocycles. The molecule has 216 valence electrons. The molecule has 42 heavy (non-hydrogen) atoms. The summed E-state index contributed by atoms with van der Waals surface area (Å²) in [5, 5.41) is 20.6. The highest BCUT2D eigenvalue weighted by Gasteiger charge is 2.68. The van der Waals surface area contributed by atoms with Gasteiger partial charge in [0, 0.05) is 16.2 Å². The van der Waals surface area contributed by atoms with Crippen molar-refractivity contribution in [2.45, 2.75) is 63.3 Å². The fraction of sp³-hybridized carbons (Fsp3) is 0.345. The summed E-state index contributed by atoms with van der Waals surface area (Å²) in [5.74, 6) is -1.73. The largest absolute Gasteiger partial charge is 0.352 e. The molecule has 0 bridgehead atoms. The van der Waals surface area contributed by atoms with E-state index >= 15 is 0 Å². The van der Waals surface area contributed by atoms with Gasteiger partial charge in [0.1, 0.15) is 18.1 Å². The van der Waals surface area contributed by atoms with Crippen LogP contribution in [0.4, 0.5) is 9.59 Å². The molecular formula is C29H28N6O5S2. The Labute approximate surface area is 249 Å². The first kappa shape index (κ1) is 26.8. The Bertz CT molecular complexity index is 1610. The van der Waals surface area contributed by atoms with Crippen molar-refractivity contribution in [1.82, 2.24) is 29.7 Å². The SMILES string of the molecule is Cc1noc([C@@H]2CC[C@H]3N2C(=O)[C@@H](Cc2ccccc2)N2C(=O)N(Cc4cccs4)C(=O)N(Cc4cccs4)C32O)n1. The molecule has 5 amide bonds. The maximum atomic E-state index is 14.5. The second kappa shape index (κ2) is 10.3. The predicted molar refractivity (Wildman–Crippen MR) is 153 cm³/mol. The normalized spacial score (nSPS) is 25.8. The zero-order valence-corrected chi connectivity index (χ0v) is 24.3. The Balaban J connectivity index is 1.37. The number of piperazine rings is 1. The number of benzene rings is 1. The number of amides is 5. The molecule has 0 radical (unpaired) electrons. The van der Waals surface area contributed by atoms with E-state index in [2.05, 4.69) is 10.1 Å². The van der Waals surface area contributed by atoms with Gasteiger partial charge in [0.25, 0.3) is 0 Å². The number of aromatic nitrogens is 2. The number of rotatable bonds is 7. The van der Waals surface area contributed by atoms with E-state index in [1.807, 2.05) is 65.4 Å². The molecule has 0 spiro atoms. The number of carbonyl (C=O) groups is 3. The number of hydrogen-bond acceptors (Lipinski definition) is 9. The summed E-state index contributed by atoms with van der Waals surface area (Å²) in [6.07, 6.45) is 0.913. The van der Waals surface area contributed by atoms with Crippen LogP contribution in [0.2, 0.25) is 0 Å². The predicted octanol–water partition coefficient (Wildman–Crippen LogP) is 4.36. The Hall–Kier alpha value is -4.07. The second-order valence-corrected chi connectivity index (χ2v) is 12.8. The highest BCUT2D eigenvalue weighted by molar-refractivity contribution is 7.10.